The molecule has 22 heteroatoms. The number of nitrogens with two attached hydrogens (primary N) is 4. The first-order valence-electron chi connectivity index (χ1n) is 2.04. The molecule has 0 aromatic carbocycles. The van der Waals surface area contributed by atoms with E-state index in [2.05, 4.69) is 0 Å². The van der Waals surface area contributed by atoms with Crippen molar-refractivity contribution in [2.75, 3.05) is 0 Å². The van der Waals surface area contributed by atoms with Gasteiger partial charge in [0.2, 0.25) is 0 Å². The maximum atomic E-state index is 8.47. The molecule has 0 spiro atoms. The first kappa shape index (κ1) is 89.0. The molecule has 144 valence electrons. The van der Waals surface area contributed by atoms with Gasteiger partial charge in [0.1, 0.15) is 4.91 Å². The maximum absolute atomic E-state index is 8.47. The summed E-state index contributed by atoms with van der Waals surface area (Å²) in [7, 11) is 0. The molecule has 0 aliphatic rings. The van der Waals surface area contributed by atoms with Crippen LogP contribution in [0.25, 0.3) is 24.6 Å². The zero-order valence-electron chi connectivity index (χ0n) is 9.75. The van der Waals surface area contributed by atoms with Crippen molar-refractivity contribution in [1.82, 2.24) is 0 Å². The molecule has 10 N–H and O–H groups in total. The van der Waals surface area contributed by atoms with Crippen LogP contribution in [0, 0.1) is 45.4 Å². The molecule has 0 heterocycles. The summed E-state index contributed by atoms with van der Waals surface area (Å²) in [6, 6.07) is 0. The van der Waals surface area contributed by atoms with E-state index >= 15 is 0 Å². The van der Waals surface area contributed by atoms with E-state index in [1.54, 1.807) is 0 Å². The van der Waals surface area contributed by atoms with E-state index in [9.17, 15) is 0 Å². The van der Waals surface area contributed by atoms with Crippen LogP contribution in [0.1, 0.15) is 0 Å². The zero-order valence-corrected chi connectivity index (χ0v) is 14.3. The molecule has 0 rings (SSSR count). The summed E-state index contributed by atoms with van der Waals surface area (Å²) in [5, 5.41) is 48.5. The summed E-state index contributed by atoms with van der Waals surface area (Å²) in [6.45, 7) is 0. The second-order valence-corrected chi connectivity index (χ2v) is 0.551. The third kappa shape index (κ3) is 1330. The van der Waals surface area contributed by atoms with Gasteiger partial charge in [0.25, 0.3) is 0 Å². The van der Waals surface area contributed by atoms with Crippen LogP contribution < -0.4 is 0 Å². The van der Waals surface area contributed by atoms with Gasteiger partial charge in [-0.1, -0.05) is 0 Å². The van der Waals surface area contributed by atoms with Crippen molar-refractivity contribution in [3.63, 3.8) is 0 Å². The first-order valence-corrected chi connectivity index (χ1v) is 2.04. The molecule has 0 fully saturated rings. The minimum absolute atomic E-state index is 0. The molecule has 0 unspecified atom stereocenters. The predicted molar refractivity (Wildman–Crippen MR) is 65.0 cm³/mol. The van der Waals surface area contributed by atoms with Crippen LogP contribution in [-0.4, -0.2) is 15.5 Å². The Morgan fingerprint density at radius 3 is 0.591 bits per heavy atom. The molecule has 0 aromatic heterocycles. The standard InChI is InChI=1S/H2NO3.4HNO2.4H2N.2Pt/c2-1(3)4;4*2-1-3;;;;;;/h(H2,2,3,4);4*(H,2,3);4*1H2;;/q+1;;;;;4*-1;2*+2/p-4. The molecule has 0 bridgehead atoms. The molecule has 0 aromatic rings. The zero-order chi connectivity index (χ0) is 14.4. The topological polar surface area (TPSA) is 404 Å². The SMILES string of the molecule is O=N[O-].O=N[O-].O=N[O-].O=N[O-].O=[N+](O)O.[NH2-].[NH2-].[NH2-].[NH2-].[Pt+2].[Pt+2]. The third-order valence-electron chi connectivity index (χ3n) is 0. The minimum Gasteiger partial charge on any atom is -0.693 e. The Morgan fingerprint density at radius 1 is 0.591 bits per heavy atom. The maximum Gasteiger partial charge on any atom is 2.00 e. The smallest absolute Gasteiger partial charge is 0.693 e. The van der Waals surface area contributed by atoms with E-state index in [0.717, 1.165) is 21.4 Å². The van der Waals surface area contributed by atoms with Gasteiger partial charge in [-0.3, -0.25) is 0 Å². The Balaban J connectivity index is -0.00000000718. The molecular weight excluding hydrogens is 692 g/mol. The Hall–Kier alpha value is -1.98. The minimum atomic E-state index is -1.25. The van der Waals surface area contributed by atoms with Crippen LogP contribution in [0.15, 0.2) is 21.4 Å². The molecule has 22 heavy (non-hydrogen) atoms. The molecule has 0 saturated heterocycles. The fourth-order valence-corrected chi connectivity index (χ4v) is 0. The van der Waals surface area contributed by atoms with E-state index in [1.807, 2.05) is 0 Å². The summed E-state index contributed by atoms with van der Waals surface area (Å²) < 4.78 is 0. The van der Waals surface area contributed by atoms with Crippen LogP contribution in [0.4, 0.5) is 0 Å². The van der Waals surface area contributed by atoms with Crippen LogP contribution in [-0.2, 0) is 42.1 Å². The third-order valence-corrected chi connectivity index (χ3v) is 0. The van der Waals surface area contributed by atoms with Gasteiger partial charge >= 0.3 is 47.2 Å². The molecular formula is H10N9O11Pt2-3. The predicted octanol–water partition coefficient (Wildman–Crippen LogP) is 3.41. The Bertz CT molecular complexity index is 140. The largest absolute Gasteiger partial charge is 2.00 e. The van der Waals surface area contributed by atoms with E-state index < -0.39 is 5.09 Å². The van der Waals surface area contributed by atoms with E-state index in [-0.39, 0.29) is 66.7 Å². The van der Waals surface area contributed by atoms with Gasteiger partial charge in [0.15, 0.2) is 0 Å². The number of nitrogens with zero attached hydrogens (tertiary/aromatic N) is 5. The summed E-state index contributed by atoms with van der Waals surface area (Å²) in [5.74, 6) is 0. The van der Waals surface area contributed by atoms with Crippen molar-refractivity contribution in [3.8, 4) is 0 Å². The van der Waals surface area contributed by atoms with Crippen molar-refractivity contribution in [1.29, 1.82) is 0 Å². The number of hydrogen-bond donors (Lipinski definition) is 2. The second kappa shape index (κ2) is 245. The fourth-order valence-electron chi connectivity index (χ4n) is 0. The van der Waals surface area contributed by atoms with Crippen molar-refractivity contribution in [2.24, 2.45) is 21.4 Å². The molecule has 0 saturated carbocycles. The Labute approximate surface area is 149 Å². The van der Waals surface area contributed by atoms with Crippen molar-refractivity contribution >= 4 is 0 Å². The second-order valence-electron chi connectivity index (χ2n) is 0.551. The van der Waals surface area contributed by atoms with Crippen LogP contribution >= 0.6 is 0 Å². The molecule has 0 aliphatic heterocycles. The van der Waals surface area contributed by atoms with Crippen molar-refractivity contribution in [3.05, 3.63) is 70.0 Å². The summed E-state index contributed by atoms with van der Waals surface area (Å²) in [5.41, 5.74) is 0. The van der Waals surface area contributed by atoms with Crippen LogP contribution in [0.2, 0.25) is 0 Å². The van der Waals surface area contributed by atoms with Gasteiger partial charge in [-0.05, 0) is 0 Å². The average molecular weight is 702 g/mol. The Morgan fingerprint density at radius 2 is 0.591 bits per heavy atom. The first-order chi connectivity index (χ1) is 7.39. The fraction of sp³-hybridized carbons (Fsp3) is 0. The van der Waals surface area contributed by atoms with Gasteiger partial charge in [-0.2, -0.15) is 0 Å². The van der Waals surface area contributed by atoms with Gasteiger partial charge in [-0.25, -0.2) is 10.4 Å². The van der Waals surface area contributed by atoms with Gasteiger partial charge in [0, 0.05) is 0 Å². The van der Waals surface area contributed by atoms with E-state index in [4.69, 9.17) is 55.8 Å². The molecule has 0 aliphatic carbocycles. The average Bonchev–Trinajstić information content (AvgIpc) is 2.06. The van der Waals surface area contributed by atoms with Crippen LogP contribution in [0.3, 0.4) is 0 Å². The van der Waals surface area contributed by atoms with E-state index in [1.165, 1.54) is 0 Å². The monoisotopic (exact) mass is 702 g/mol. The molecule has 20 nitrogen and oxygen atoms in total. The molecule has 0 atom stereocenters. The summed E-state index contributed by atoms with van der Waals surface area (Å²) >= 11 is 0. The number of rotatable bonds is 0. The van der Waals surface area contributed by atoms with Crippen molar-refractivity contribution < 1.29 is 57.6 Å². The van der Waals surface area contributed by atoms with Crippen LogP contribution in [0.5, 0.6) is 0 Å². The van der Waals surface area contributed by atoms with Crippen molar-refractivity contribution in [2.45, 2.75) is 0 Å². The molecule has 0 radical (unpaired) electrons. The van der Waals surface area contributed by atoms with Gasteiger partial charge in [0.05, 0.1) is 0 Å². The van der Waals surface area contributed by atoms with E-state index in [0.29, 0.717) is 0 Å². The number of hydrogen-bond acceptors (Lipinski definition) is 13. The quantitative estimate of drug-likeness (QED) is 0.272. The normalized spacial score (nSPS) is 3.27. The summed E-state index contributed by atoms with van der Waals surface area (Å²) in [6.07, 6.45) is 0. The Kier molecular flexibility index (Phi) is 993. The summed E-state index contributed by atoms with van der Waals surface area (Å²) in [4.78, 5) is 40.5. The molecule has 0 amide bonds. The van der Waals surface area contributed by atoms with Gasteiger partial charge < -0.3 is 65.1 Å². The van der Waals surface area contributed by atoms with Gasteiger partial charge in [-0.15, -0.1) is 21.4 Å².